The molecule has 0 aliphatic carbocycles. The van der Waals surface area contributed by atoms with Crippen molar-refractivity contribution in [2.24, 2.45) is 0 Å². The van der Waals surface area contributed by atoms with Crippen molar-refractivity contribution in [2.75, 3.05) is 11.9 Å². The summed E-state index contributed by atoms with van der Waals surface area (Å²) in [5.41, 5.74) is 2.06. The standard InChI is InChI=1S/C12H10ClN3OS/c1-2-3-14-10-4-11(13)15-5-9(10)12-16-8(6-17)7-18-12/h2,4-7H,1,3H2,(H,14,15). The molecule has 2 aromatic rings. The van der Waals surface area contributed by atoms with E-state index in [2.05, 4.69) is 21.9 Å². The van der Waals surface area contributed by atoms with E-state index in [0.717, 1.165) is 22.5 Å². The van der Waals surface area contributed by atoms with E-state index in [4.69, 9.17) is 11.6 Å². The van der Waals surface area contributed by atoms with Gasteiger partial charge in [-0.2, -0.15) is 0 Å². The molecule has 0 aromatic carbocycles. The average Bonchev–Trinajstić information content (AvgIpc) is 2.85. The van der Waals surface area contributed by atoms with Gasteiger partial charge in [0.25, 0.3) is 0 Å². The number of nitrogens with zero attached hydrogens (tertiary/aromatic N) is 2. The number of carbonyl (C=O) groups is 1. The smallest absolute Gasteiger partial charge is 0.169 e. The zero-order valence-electron chi connectivity index (χ0n) is 9.39. The van der Waals surface area contributed by atoms with Crippen LogP contribution in [0.1, 0.15) is 10.5 Å². The molecule has 1 N–H and O–H groups in total. The Bertz CT molecular complexity index is 582. The summed E-state index contributed by atoms with van der Waals surface area (Å²) in [5.74, 6) is 0. The lowest BCUT2D eigenvalue weighted by Crippen LogP contribution is -2.00. The summed E-state index contributed by atoms with van der Waals surface area (Å²) < 4.78 is 0. The summed E-state index contributed by atoms with van der Waals surface area (Å²) in [6, 6.07) is 1.72. The topological polar surface area (TPSA) is 54.9 Å². The van der Waals surface area contributed by atoms with Gasteiger partial charge in [-0.05, 0) is 6.07 Å². The molecule has 0 radical (unpaired) electrons. The Morgan fingerprint density at radius 3 is 3.06 bits per heavy atom. The first kappa shape index (κ1) is 12.7. The molecule has 0 amide bonds. The number of halogens is 1. The SMILES string of the molecule is C=CCNc1cc(Cl)ncc1-c1nc(C=O)cs1. The van der Waals surface area contributed by atoms with Crippen molar-refractivity contribution >= 4 is 34.9 Å². The van der Waals surface area contributed by atoms with Crippen LogP contribution in [0.5, 0.6) is 0 Å². The minimum absolute atomic E-state index is 0.400. The Kier molecular flexibility index (Phi) is 4.07. The van der Waals surface area contributed by atoms with Crippen LogP contribution in [0.3, 0.4) is 0 Å². The third kappa shape index (κ3) is 2.75. The van der Waals surface area contributed by atoms with E-state index in [0.29, 0.717) is 17.4 Å². The van der Waals surface area contributed by atoms with Crippen molar-refractivity contribution in [3.8, 4) is 10.6 Å². The molecule has 0 aliphatic rings. The maximum atomic E-state index is 10.6. The molecule has 92 valence electrons. The fourth-order valence-electron chi connectivity index (χ4n) is 1.39. The van der Waals surface area contributed by atoms with Crippen LogP contribution >= 0.6 is 22.9 Å². The summed E-state index contributed by atoms with van der Waals surface area (Å²) in [6.07, 6.45) is 4.11. The summed E-state index contributed by atoms with van der Waals surface area (Å²) in [5, 5.41) is 6.00. The number of pyridine rings is 1. The van der Waals surface area contributed by atoms with E-state index in [9.17, 15) is 4.79 Å². The normalized spacial score (nSPS) is 10.1. The molecule has 2 heterocycles. The fourth-order valence-corrected chi connectivity index (χ4v) is 2.34. The highest BCUT2D eigenvalue weighted by Gasteiger charge is 2.10. The van der Waals surface area contributed by atoms with Crippen molar-refractivity contribution in [1.29, 1.82) is 0 Å². The average molecular weight is 280 g/mol. The van der Waals surface area contributed by atoms with Gasteiger partial charge in [0.2, 0.25) is 0 Å². The van der Waals surface area contributed by atoms with Gasteiger partial charge in [0.15, 0.2) is 6.29 Å². The lowest BCUT2D eigenvalue weighted by molar-refractivity contribution is 0.111. The Morgan fingerprint density at radius 2 is 2.39 bits per heavy atom. The molecule has 4 nitrogen and oxygen atoms in total. The largest absolute Gasteiger partial charge is 0.381 e. The molecule has 0 saturated heterocycles. The first-order valence-electron chi connectivity index (χ1n) is 5.16. The van der Waals surface area contributed by atoms with Gasteiger partial charge >= 0.3 is 0 Å². The van der Waals surface area contributed by atoms with Gasteiger partial charge in [-0.1, -0.05) is 17.7 Å². The minimum atomic E-state index is 0.400. The second kappa shape index (κ2) is 5.75. The summed E-state index contributed by atoms with van der Waals surface area (Å²) in [6.45, 7) is 4.26. The zero-order chi connectivity index (χ0) is 13.0. The molecule has 0 bridgehead atoms. The highest BCUT2D eigenvalue weighted by Crippen LogP contribution is 2.31. The van der Waals surface area contributed by atoms with Crippen LogP contribution in [0.2, 0.25) is 5.15 Å². The van der Waals surface area contributed by atoms with E-state index in [1.54, 1.807) is 23.7 Å². The van der Waals surface area contributed by atoms with E-state index >= 15 is 0 Å². The van der Waals surface area contributed by atoms with Crippen molar-refractivity contribution < 1.29 is 4.79 Å². The van der Waals surface area contributed by atoms with Crippen LogP contribution in [-0.4, -0.2) is 22.8 Å². The Hall–Kier alpha value is -1.72. The molecule has 0 aliphatic heterocycles. The number of hydrogen-bond donors (Lipinski definition) is 1. The minimum Gasteiger partial charge on any atom is -0.381 e. The van der Waals surface area contributed by atoms with Gasteiger partial charge in [0.05, 0.1) is 5.56 Å². The van der Waals surface area contributed by atoms with Crippen LogP contribution in [-0.2, 0) is 0 Å². The predicted octanol–water partition coefficient (Wildman–Crippen LogP) is 3.27. The van der Waals surface area contributed by atoms with E-state index in [-0.39, 0.29) is 0 Å². The van der Waals surface area contributed by atoms with Gasteiger partial charge in [-0.25, -0.2) is 9.97 Å². The molecular weight excluding hydrogens is 270 g/mol. The molecule has 2 aromatic heterocycles. The second-order valence-corrected chi connectivity index (χ2v) is 4.66. The van der Waals surface area contributed by atoms with E-state index < -0.39 is 0 Å². The Morgan fingerprint density at radius 1 is 1.56 bits per heavy atom. The fraction of sp³-hybridized carbons (Fsp3) is 0.0833. The molecule has 0 fully saturated rings. The van der Waals surface area contributed by atoms with Gasteiger partial charge < -0.3 is 5.32 Å². The number of aromatic nitrogens is 2. The number of rotatable bonds is 5. The van der Waals surface area contributed by atoms with Crippen LogP contribution in [0.15, 0.2) is 30.3 Å². The highest BCUT2D eigenvalue weighted by molar-refractivity contribution is 7.13. The molecular formula is C12H10ClN3OS. The van der Waals surface area contributed by atoms with Crippen LogP contribution < -0.4 is 5.32 Å². The zero-order valence-corrected chi connectivity index (χ0v) is 11.0. The number of carbonyl (C=O) groups excluding carboxylic acids is 1. The molecule has 6 heteroatoms. The van der Waals surface area contributed by atoms with Gasteiger partial charge in [0, 0.05) is 23.8 Å². The molecule has 0 unspecified atom stereocenters. The molecule has 2 rings (SSSR count). The summed E-state index contributed by atoms with van der Waals surface area (Å²) in [7, 11) is 0. The van der Waals surface area contributed by atoms with Gasteiger partial charge in [-0.15, -0.1) is 17.9 Å². The molecule has 18 heavy (non-hydrogen) atoms. The lowest BCUT2D eigenvalue weighted by atomic mass is 10.2. The lowest BCUT2D eigenvalue weighted by Gasteiger charge is -2.08. The van der Waals surface area contributed by atoms with Crippen molar-refractivity contribution in [2.45, 2.75) is 0 Å². The number of aldehydes is 1. The van der Waals surface area contributed by atoms with Crippen LogP contribution in [0.25, 0.3) is 10.6 Å². The summed E-state index contributed by atoms with van der Waals surface area (Å²) in [4.78, 5) is 18.9. The predicted molar refractivity (Wildman–Crippen MR) is 74.4 cm³/mol. The quantitative estimate of drug-likeness (QED) is 0.518. The third-order valence-electron chi connectivity index (χ3n) is 2.18. The molecule has 0 atom stereocenters. The monoisotopic (exact) mass is 279 g/mol. The van der Waals surface area contributed by atoms with Crippen molar-refractivity contribution in [3.05, 3.63) is 41.1 Å². The highest BCUT2D eigenvalue weighted by atomic mass is 35.5. The van der Waals surface area contributed by atoms with Crippen molar-refractivity contribution in [3.63, 3.8) is 0 Å². The first-order chi connectivity index (χ1) is 8.74. The summed E-state index contributed by atoms with van der Waals surface area (Å²) >= 11 is 7.26. The van der Waals surface area contributed by atoms with E-state index in [1.807, 2.05) is 0 Å². The van der Waals surface area contributed by atoms with Crippen molar-refractivity contribution in [1.82, 2.24) is 9.97 Å². The second-order valence-electron chi connectivity index (χ2n) is 3.42. The number of anilines is 1. The van der Waals surface area contributed by atoms with Gasteiger partial charge in [-0.3, -0.25) is 4.79 Å². The molecule has 0 saturated carbocycles. The van der Waals surface area contributed by atoms with Crippen LogP contribution in [0, 0.1) is 0 Å². The molecule has 0 spiro atoms. The number of nitrogens with one attached hydrogen (secondary N) is 1. The third-order valence-corrected chi connectivity index (χ3v) is 3.28. The number of hydrogen-bond acceptors (Lipinski definition) is 5. The number of thiazole rings is 1. The first-order valence-corrected chi connectivity index (χ1v) is 6.41. The van der Waals surface area contributed by atoms with E-state index in [1.165, 1.54) is 11.3 Å². The Balaban J connectivity index is 2.41. The van der Waals surface area contributed by atoms with Gasteiger partial charge in [0.1, 0.15) is 15.9 Å². The maximum Gasteiger partial charge on any atom is 0.169 e. The van der Waals surface area contributed by atoms with Crippen LogP contribution in [0.4, 0.5) is 5.69 Å². The Labute approximate surface area is 113 Å². The maximum absolute atomic E-state index is 10.6.